The molecule has 0 spiro atoms. The van der Waals surface area contributed by atoms with Crippen molar-refractivity contribution >= 4 is 27.5 Å². The summed E-state index contributed by atoms with van der Waals surface area (Å²) in [6.07, 6.45) is 5.77. The topological polar surface area (TPSA) is 60.3 Å². The van der Waals surface area contributed by atoms with Gasteiger partial charge in [0.2, 0.25) is 11.3 Å². The Bertz CT molecular complexity index is 556. The van der Waals surface area contributed by atoms with Crippen molar-refractivity contribution < 1.29 is 9.53 Å². The van der Waals surface area contributed by atoms with Gasteiger partial charge < -0.3 is 14.6 Å². The summed E-state index contributed by atoms with van der Waals surface area (Å²) in [5.41, 5.74) is 0.113. The molecular weight excluding hydrogens is 324 g/mol. The first kappa shape index (κ1) is 15.3. The molecule has 20 heavy (non-hydrogen) atoms. The van der Waals surface area contributed by atoms with Crippen molar-refractivity contribution in [2.24, 2.45) is 13.0 Å². The third-order valence-electron chi connectivity index (χ3n) is 3.56. The summed E-state index contributed by atoms with van der Waals surface area (Å²) >= 11 is 3.20. The molecule has 1 fully saturated rings. The number of ether oxygens (including phenoxy) is 1. The first-order valence-electron chi connectivity index (χ1n) is 6.79. The Kier molecular flexibility index (Phi) is 4.99. The van der Waals surface area contributed by atoms with E-state index in [-0.39, 0.29) is 23.4 Å². The quantitative estimate of drug-likeness (QED) is 0.916. The lowest BCUT2D eigenvalue weighted by Gasteiger charge is -2.28. The number of aromatic nitrogens is 1. The van der Waals surface area contributed by atoms with Crippen molar-refractivity contribution in [1.82, 2.24) is 4.57 Å². The van der Waals surface area contributed by atoms with Gasteiger partial charge in [0.1, 0.15) is 5.69 Å². The predicted molar refractivity (Wildman–Crippen MR) is 80.8 cm³/mol. The fourth-order valence-corrected chi connectivity index (χ4v) is 2.93. The second-order valence-corrected chi connectivity index (χ2v) is 5.98. The molecule has 0 bridgehead atoms. The van der Waals surface area contributed by atoms with Gasteiger partial charge in [0.25, 0.3) is 0 Å². The van der Waals surface area contributed by atoms with E-state index < -0.39 is 0 Å². The number of anilines is 1. The summed E-state index contributed by atoms with van der Waals surface area (Å²) < 4.78 is 7.74. The molecule has 6 heteroatoms. The Morgan fingerprint density at radius 3 is 3.00 bits per heavy atom. The van der Waals surface area contributed by atoms with Crippen molar-refractivity contribution in [3.05, 3.63) is 27.1 Å². The highest BCUT2D eigenvalue weighted by Crippen LogP contribution is 2.23. The van der Waals surface area contributed by atoms with Gasteiger partial charge in [-0.3, -0.25) is 9.59 Å². The number of pyridine rings is 1. The molecule has 1 saturated heterocycles. The third kappa shape index (κ3) is 3.49. The van der Waals surface area contributed by atoms with Gasteiger partial charge in [-0.1, -0.05) is 6.92 Å². The number of hydrogen-bond donors (Lipinski definition) is 1. The molecule has 0 unspecified atom stereocenters. The summed E-state index contributed by atoms with van der Waals surface area (Å²) in [6, 6.07) is 0. The van der Waals surface area contributed by atoms with Crippen LogP contribution in [0.4, 0.5) is 5.69 Å². The summed E-state index contributed by atoms with van der Waals surface area (Å²) in [5.74, 6) is -0.181. The number of amides is 1. The third-order valence-corrected chi connectivity index (χ3v) is 4.13. The number of nitrogens with one attached hydrogen (secondary N) is 1. The normalized spacial score (nSPS) is 22.6. The molecule has 110 valence electrons. The average molecular weight is 343 g/mol. The minimum atomic E-state index is -0.199. The van der Waals surface area contributed by atoms with Crippen molar-refractivity contribution in [2.45, 2.75) is 32.3 Å². The molecule has 0 aromatic carbocycles. The molecule has 1 aromatic rings. The molecule has 1 amide bonds. The van der Waals surface area contributed by atoms with Crippen molar-refractivity contribution in [2.75, 3.05) is 11.9 Å². The first-order valence-corrected chi connectivity index (χ1v) is 7.58. The molecule has 1 aromatic heterocycles. The van der Waals surface area contributed by atoms with Crippen LogP contribution in [0.5, 0.6) is 0 Å². The SMILES string of the molecule is CC[C@H]1C[C@@H](C(=O)Nc2cn(C)cc(Br)c2=O)CCO1. The Morgan fingerprint density at radius 2 is 2.30 bits per heavy atom. The van der Waals surface area contributed by atoms with E-state index in [4.69, 9.17) is 4.74 Å². The zero-order valence-corrected chi connectivity index (χ0v) is 13.3. The van der Waals surface area contributed by atoms with Crippen LogP contribution < -0.4 is 10.7 Å². The summed E-state index contributed by atoms with van der Waals surface area (Å²) in [7, 11) is 1.81. The monoisotopic (exact) mass is 342 g/mol. The fraction of sp³-hybridized carbons (Fsp3) is 0.571. The number of carbonyl (C=O) groups excluding carboxylic acids is 1. The van der Waals surface area contributed by atoms with E-state index >= 15 is 0 Å². The van der Waals surface area contributed by atoms with Gasteiger partial charge in [0.15, 0.2) is 0 Å². The maximum atomic E-state index is 12.3. The highest BCUT2D eigenvalue weighted by Gasteiger charge is 2.27. The Morgan fingerprint density at radius 1 is 1.55 bits per heavy atom. The molecule has 5 nitrogen and oxygen atoms in total. The zero-order valence-electron chi connectivity index (χ0n) is 11.7. The van der Waals surface area contributed by atoms with Crippen LogP contribution in [0.15, 0.2) is 21.7 Å². The smallest absolute Gasteiger partial charge is 0.227 e. The molecular formula is C14H19BrN2O3. The van der Waals surface area contributed by atoms with Crippen LogP contribution in [0.3, 0.4) is 0 Å². The second kappa shape index (κ2) is 6.54. The van der Waals surface area contributed by atoms with Gasteiger partial charge in [0.05, 0.1) is 10.6 Å². The number of halogens is 1. The lowest BCUT2D eigenvalue weighted by molar-refractivity contribution is -0.124. The van der Waals surface area contributed by atoms with Crippen LogP contribution in [-0.2, 0) is 16.6 Å². The van der Waals surface area contributed by atoms with Crippen LogP contribution in [0, 0.1) is 5.92 Å². The number of carbonyl (C=O) groups is 1. The van der Waals surface area contributed by atoms with Crippen LogP contribution in [-0.4, -0.2) is 23.2 Å². The number of rotatable bonds is 3. The van der Waals surface area contributed by atoms with E-state index in [1.807, 2.05) is 0 Å². The molecule has 1 aliphatic rings. The highest BCUT2D eigenvalue weighted by molar-refractivity contribution is 9.10. The van der Waals surface area contributed by atoms with Crippen LogP contribution >= 0.6 is 15.9 Å². The maximum Gasteiger partial charge on any atom is 0.227 e. The van der Waals surface area contributed by atoms with Crippen LogP contribution in [0.1, 0.15) is 26.2 Å². The Balaban J connectivity index is 2.10. The van der Waals surface area contributed by atoms with Gasteiger partial charge in [0, 0.05) is 32.0 Å². The maximum absolute atomic E-state index is 12.3. The number of aryl methyl sites for hydroxylation is 1. The number of nitrogens with zero attached hydrogens (tertiary/aromatic N) is 1. The second-order valence-electron chi connectivity index (χ2n) is 5.13. The van der Waals surface area contributed by atoms with Gasteiger partial charge in [-0.05, 0) is 35.2 Å². The molecule has 0 aliphatic carbocycles. The Hall–Kier alpha value is -1.14. The van der Waals surface area contributed by atoms with E-state index in [0.29, 0.717) is 23.2 Å². The standard InChI is InChI=1S/C14H19BrN2O3/c1-3-10-6-9(4-5-20-10)14(19)16-12-8-17(2)7-11(15)13(12)18/h7-10H,3-6H2,1-2H3,(H,16,19)/t9-,10-/m0/s1. The zero-order chi connectivity index (χ0) is 14.7. The average Bonchev–Trinajstić information content (AvgIpc) is 2.44. The number of hydrogen-bond acceptors (Lipinski definition) is 3. The molecule has 2 heterocycles. The van der Waals surface area contributed by atoms with E-state index in [2.05, 4.69) is 28.2 Å². The molecule has 1 N–H and O–H groups in total. The van der Waals surface area contributed by atoms with E-state index in [9.17, 15) is 9.59 Å². The van der Waals surface area contributed by atoms with Crippen LogP contribution in [0.25, 0.3) is 0 Å². The van der Waals surface area contributed by atoms with Crippen molar-refractivity contribution in [3.63, 3.8) is 0 Å². The van der Waals surface area contributed by atoms with Crippen molar-refractivity contribution in [1.29, 1.82) is 0 Å². The Labute approximate surface area is 126 Å². The lowest BCUT2D eigenvalue weighted by Crippen LogP contribution is -2.34. The molecule has 1 aliphatic heterocycles. The van der Waals surface area contributed by atoms with Gasteiger partial charge in [-0.15, -0.1) is 0 Å². The largest absolute Gasteiger partial charge is 0.378 e. The van der Waals surface area contributed by atoms with Gasteiger partial charge in [-0.2, -0.15) is 0 Å². The molecule has 2 rings (SSSR count). The van der Waals surface area contributed by atoms with Crippen LogP contribution in [0.2, 0.25) is 0 Å². The molecule has 0 radical (unpaired) electrons. The first-order chi connectivity index (χ1) is 9.51. The summed E-state index contributed by atoms with van der Waals surface area (Å²) in [6.45, 7) is 2.65. The van der Waals surface area contributed by atoms with Gasteiger partial charge in [-0.25, -0.2) is 0 Å². The fourth-order valence-electron chi connectivity index (χ4n) is 2.39. The highest BCUT2D eigenvalue weighted by atomic mass is 79.9. The van der Waals surface area contributed by atoms with Crippen molar-refractivity contribution in [3.8, 4) is 0 Å². The predicted octanol–water partition coefficient (Wildman–Crippen LogP) is 2.29. The molecule has 0 saturated carbocycles. The van der Waals surface area contributed by atoms with E-state index in [1.165, 1.54) is 0 Å². The summed E-state index contributed by atoms with van der Waals surface area (Å²) in [5, 5.41) is 2.75. The minimum Gasteiger partial charge on any atom is -0.378 e. The van der Waals surface area contributed by atoms with E-state index in [0.717, 1.165) is 12.8 Å². The minimum absolute atomic E-state index is 0.0858. The summed E-state index contributed by atoms with van der Waals surface area (Å²) in [4.78, 5) is 24.2. The van der Waals surface area contributed by atoms with Gasteiger partial charge >= 0.3 is 0 Å². The van der Waals surface area contributed by atoms with E-state index in [1.54, 1.807) is 24.0 Å². The molecule has 2 atom stereocenters. The lowest BCUT2D eigenvalue weighted by atomic mass is 9.93.